The average molecular weight is 445 g/mol. The van der Waals surface area contributed by atoms with Crippen LogP contribution in [0.5, 0.6) is 0 Å². The second-order valence-electron chi connectivity index (χ2n) is 7.16. The number of thiazole rings is 1. The molecule has 6 nitrogen and oxygen atoms in total. The molecule has 32 heavy (non-hydrogen) atoms. The zero-order chi connectivity index (χ0) is 22.7. The molecule has 0 atom stereocenters. The van der Waals surface area contributed by atoms with Gasteiger partial charge in [-0.2, -0.15) is 4.99 Å². The highest BCUT2D eigenvalue weighted by Crippen LogP contribution is 2.21. The third-order valence-electron chi connectivity index (χ3n) is 5.04. The summed E-state index contributed by atoms with van der Waals surface area (Å²) in [5, 5.41) is 0. The lowest BCUT2D eigenvalue weighted by Gasteiger charge is -2.05. The minimum Gasteiger partial charge on any atom is -0.468 e. The Morgan fingerprint density at radius 1 is 0.875 bits per heavy atom. The van der Waals surface area contributed by atoms with Crippen LogP contribution in [-0.4, -0.2) is 29.3 Å². The largest absolute Gasteiger partial charge is 0.468 e. The quantitative estimate of drug-likeness (QED) is 0.342. The van der Waals surface area contributed by atoms with E-state index in [1.54, 1.807) is 53.1 Å². The molecule has 1 aromatic heterocycles. The van der Waals surface area contributed by atoms with Crippen LogP contribution >= 0.6 is 11.3 Å². The number of esters is 1. The number of benzene rings is 3. The second kappa shape index (κ2) is 9.11. The molecule has 4 aromatic rings. The molecule has 0 bridgehead atoms. The van der Waals surface area contributed by atoms with Crippen molar-refractivity contribution in [3.05, 3.63) is 99.9 Å². The van der Waals surface area contributed by atoms with Crippen LogP contribution in [-0.2, 0) is 16.1 Å². The Labute approximate surface area is 188 Å². The first-order valence-electron chi connectivity index (χ1n) is 9.92. The molecule has 0 N–H and O–H groups in total. The third-order valence-corrected chi connectivity index (χ3v) is 6.09. The van der Waals surface area contributed by atoms with Crippen molar-refractivity contribution in [1.82, 2.24) is 4.57 Å². The Bertz CT molecular complexity index is 1380. The SMILES string of the molecule is COC(=O)Cn1c(=NC(=O)c2ccc(C(=O)c3ccccc3)cc2)sc2cccc(C)c21. The smallest absolute Gasteiger partial charge is 0.325 e. The van der Waals surface area contributed by atoms with Crippen LogP contribution in [0.3, 0.4) is 0 Å². The summed E-state index contributed by atoms with van der Waals surface area (Å²) in [4.78, 5) is 42.1. The van der Waals surface area contributed by atoms with Gasteiger partial charge >= 0.3 is 5.97 Å². The molecule has 0 aliphatic rings. The molecule has 160 valence electrons. The van der Waals surface area contributed by atoms with E-state index in [2.05, 4.69) is 4.99 Å². The second-order valence-corrected chi connectivity index (χ2v) is 8.17. The van der Waals surface area contributed by atoms with Crippen molar-refractivity contribution in [2.45, 2.75) is 13.5 Å². The fourth-order valence-corrected chi connectivity index (χ4v) is 4.51. The van der Waals surface area contributed by atoms with Gasteiger partial charge in [0.2, 0.25) is 0 Å². The van der Waals surface area contributed by atoms with Gasteiger partial charge < -0.3 is 9.30 Å². The molecule has 0 unspecified atom stereocenters. The lowest BCUT2D eigenvalue weighted by Crippen LogP contribution is -2.22. The van der Waals surface area contributed by atoms with E-state index in [4.69, 9.17) is 4.74 Å². The number of hydrogen-bond donors (Lipinski definition) is 0. The number of aromatic nitrogens is 1. The van der Waals surface area contributed by atoms with Gasteiger partial charge in [0.25, 0.3) is 5.91 Å². The van der Waals surface area contributed by atoms with Crippen molar-refractivity contribution in [2.75, 3.05) is 7.11 Å². The van der Waals surface area contributed by atoms with Gasteiger partial charge in [0, 0.05) is 16.7 Å². The Balaban J connectivity index is 1.69. The Morgan fingerprint density at radius 2 is 1.53 bits per heavy atom. The van der Waals surface area contributed by atoms with Gasteiger partial charge in [-0.1, -0.05) is 65.9 Å². The number of ether oxygens (including phenoxy) is 1. The summed E-state index contributed by atoms with van der Waals surface area (Å²) in [7, 11) is 1.32. The molecule has 3 aromatic carbocycles. The van der Waals surface area contributed by atoms with Gasteiger partial charge in [-0.15, -0.1) is 0 Å². The molecule has 1 amide bonds. The maximum atomic E-state index is 12.9. The van der Waals surface area contributed by atoms with E-state index in [1.165, 1.54) is 18.4 Å². The molecule has 0 saturated heterocycles. The number of aryl methyl sites for hydroxylation is 1. The number of rotatable bonds is 5. The van der Waals surface area contributed by atoms with Gasteiger partial charge in [0.05, 0.1) is 17.3 Å². The zero-order valence-electron chi connectivity index (χ0n) is 17.6. The summed E-state index contributed by atoms with van der Waals surface area (Å²) >= 11 is 1.33. The van der Waals surface area contributed by atoms with Crippen LogP contribution in [0.15, 0.2) is 77.8 Å². The maximum absolute atomic E-state index is 12.9. The average Bonchev–Trinajstić information content (AvgIpc) is 3.17. The van der Waals surface area contributed by atoms with Crippen molar-refractivity contribution in [3.8, 4) is 0 Å². The highest BCUT2D eigenvalue weighted by molar-refractivity contribution is 7.16. The minimum absolute atomic E-state index is 0.0437. The van der Waals surface area contributed by atoms with Gasteiger partial charge in [0.1, 0.15) is 6.54 Å². The molecule has 0 radical (unpaired) electrons. The summed E-state index contributed by atoms with van der Waals surface area (Å²) < 4.78 is 7.44. The summed E-state index contributed by atoms with van der Waals surface area (Å²) in [5.74, 6) is -0.991. The number of methoxy groups -OCH3 is 1. The lowest BCUT2D eigenvalue weighted by molar-refractivity contribution is -0.141. The first-order chi connectivity index (χ1) is 15.5. The highest BCUT2D eigenvalue weighted by atomic mass is 32.1. The fourth-order valence-electron chi connectivity index (χ4n) is 3.40. The lowest BCUT2D eigenvalue weighted by atomic mass is 10.0. The Hall–Kier alpha value is -3.84. The molecule has 0 saturated carbocycles. The minimum atomic E-state index is -0.452. The number of amides is 1. The van der Waals surface area contributed by atoms with E-state index in [1.807, 2.05) is 31.2 Å². The molecule has 0 aliphatic heterocycles. The summed E-state index contributed by atoms with van der Waals surface area (Å²) in [6, 6.07) is 21.2. The van der Waals surface area contributed by atoms with Crippen LogP contribution in [0.2, 0.25) is 0 Å². The monoisotopic (exact) mass is 444 g/mol. The number of carbonyl (C=O) groups is 3. The molecule has 4 rings (SSSR count). The molecule has 0 fully saturated rings. The van der Waals surface area contributed by atoms with E-state index in [0.29, 0.717) is 21.5 Å². The van der Waals surface area contributed by atoms with E-state index in [-0.39, 0.29) is 12.3 Å². The van der Waals surface area contributed by atoms with E-state index >= 15 is 0 Å². The predicted molar refractivity (Wildman–Crippen MR) is 123 cm³/mol. The van der Waals surface area contributed by atoms with Crippen LogP contribution in [0.4, 0.5) is 0 Å². The predicted octanol–water partition coefficient (Wildman–Crippen LogP) is 4.16. The molecule has 0 spiro atoms. The molecule has 1 heterocycles. The van der Waals surface area contributed by atoms with Crippen molar-refractivity contribution in [2.24, 2.45) is 4.99 Å². The van der Waals surface area contributed by atoms with E-state index in [0.717, 1.165) is 15.8 Å². The number of hydrogen-bond acceptors (Lipinski definition) is 5. The standard InChI is InChI=1S/C25H20N2O4S/c1-16-7-6-10-20-22(16)27(15-21(28)31-2)25(32-20)26-24(30)19-13-11-18(12-14-19)23(29)17-8-4-3-5-9-17/h3-14H,15H2,1-2H3. The number of ketones is 1. The van der Waals surface area contributed by atoms with E-state index < -0.39 is 11.9 Å². The Morgan fingerprint density at radius 3 is 2.22 bits per heavy atom. The topological polar surface area (TPSA) is 77.7 Å². The van der Waals surface area contributed by atoms with Gasteiger partial charge in [-0.25, -0.2) is 0 Å². The number of para-hydroxylation sites is 1. The number of carbonyl (C=O) groups excluding carboxylic acids is 3. The van der Waals surface area contributed by atoms with E-state index in [9.17, 15) is 14.4 Å². The molecule has 0 aliphatic carbocycles. The maximum Gasteiger partial charge on any atom is 0.325 e. The van der Waals surface area contributed by atoms with Crippen molar-refractivity contribution in [3.63, 3.8) is 0 Å². The van der Waals surface area contributed by atoms with Gasteiger partial charge in [-0.3, -0.25) is 14.4 Å². The number of nitrogens with zero attached hydrogens (tertiary/aromatic N) is 2. The summed E-state index contributed by atoms with van der Waals surface area (Å²) in [6.45, 7) is 1.90. The van der Waals surface area contributed by atoms with Gasteiger partial charge in [-0.05, 0) is 30.7 Å². The van der Waals surface area contributed by atoms with Crippen LogP contribution < -0.4 is 4.80 Å². The Kier molecular flexibility index (Phi) is 6.09. The van der Waals surface area contributed by atoms with Gasteiger partial charge in [0.15, 0.2) is 10.6 Å². The third kappa shape index (κ3) is 4.29. The van der Waals surface area contributed by atoms with Crippen molar-refractivity contribution >= 4 is 39.2 Å². The first kappa shape index (κ1) is 21.4. The summed E-state index contributed by atoms with van der Waals surface area (Å²) in [5.41, 5.74) is 3.25. The normalized spacial score (nSPS) is 11.5. The van der Waals surface area contributed by atoms with Crippen LogP contribution in [0, 0.1) is 6.92 Å². The van der Waals surface area contributed by atoms with Crippen LogP contribution in [0.1, 0.15) is 31.8 Å². The van der Waals surface area contributed by atoms with Crippen LogP contribution in [0.25, 0.3) is 10.2 Å². The molecular formula is C25H20N2O4S. The fraction of sp³-hybridized carbons (Fsp3) is 0.120. The molecule has 7 heteroatoms. The van der Waals surface area contributed by atoms with Crippen molar-refractivity contribution in [1.29, 1.82) is 0 Å². The molecular weight excluding hydrogens is 424 g/mol. The number of fused-ring (bicyclic) bond motifs is 1. The first-order valence-corrected chi connectivity index (χ1v) is 10.7. The van der Waals surface area contributed by atoms with Crippen molar-refractivity contribution < 1.29 is 19.1 Å². The zero-order valence-corrected chi connectivity index (χ0v) is 18.4. The summed E-state index contributed by atoms with van der Waals surface area (Å²) in [6.07, 6.45) is 0. The highest BCUT2D eigenvalue weighted by Gasteiger charge is 2.15.